The summed E-state index contributed by atoms with van der Waals surface area (Å²) in [6.07, 6.45) is 1.61. The minimum atomic E-state index is -0.495. The Morgan fingerprint density at radius 3 is 2.56 bits per heavy atom. The minimum Gasteiger partial charge on any atom is -0.337 e. The van der Waals surface area contributed by atoms with Crippen molar-refractivity contribution < 1.29 is 4.39 Å². The van der Waals surface area contributed by atoms with Gasteiger partial charge in [0.2, 0.25) is 5.28 Å². The molecule has 0 bridgehead atoms. The summed E-state index contributed by atoms with van der Waals surface area (Å²) in [5, 5.41) is 8.23. The normalized spacial score (nSPS) is 11.0. The van der Waals surface area contributed by atoms with Crippen molar-refractivity contribution >= 4 is 45.7 Å². The Hall–Kier alpha value is -2.70. The number of hydrogen-bond acceptors (Lipinski definition) is 4. The van der Waals surface area contributed by atoms with Gasteiger partial charge in [0.05, 0.1) is 23.0 Å². The molecule has 1 N–H and O–H groups in total. The molecule has 5 nitrogen and oxygen atoms in total. The van der Waals surface area contributed by atoms with Crippen molar-refractivity contribution in [2.45, 2.75) is 0 Å². The monoisotopic (exact) mass is 373 g/mol. The van der Waals surface area contributed by atoms with Gasteiger partial charge in [0.15, 0.2) is 5.65 Å². The zero-order chi connectivity index (χ0) is 17.4. The van der Waals surface area contributed by atoms with E-state index in [2.05, 4.69) is 20.4 Å². The van der Waals surface area contributed by atoms with Crippen LogP contribution in [0.4, 0.5) is 15.9 Å². The number of fused-ring (bicyclic) bond motifs is 1. The standard InChI is InChI=1S/C17H10Cl2FN5/c18-10-6-7-14(13(20)8-10)22-15-12-9-21-25(11-4-2-1-3-5-11)16(12)24-17(19)23-15/h1-9H,(H,22,23,24). The van der Waals surface area contributed by atoms with Gasteiger partial charge < -0.3 is 5.32 Å². The van der Waals surface area contributed by atoms with Gasteiger partial charge in [-0.3, -0.25) is 0 Å². The molecule has 0 radical (unpaired) electrons. The van der Waals surface area contributed by atoms with Gasteiger partial charge in [-0.15, -0.1) is 0 Å². The van der Waals surface area contributed by atoms with E-state index in [1.807, 2.05) is 30.3 Å². The van der Waals surface area contributed by atoms with Gasteiger partial charge in [0.1, 0.15) is 11.6 Å². The minimum absolute atomic E-state index is 0.0297. The quantitative estimate of drug-likeness (QED) is 0.513. The number of rotatable bonds is 3. The van der Waals surface area contributed by atoms with Crippen LogP contribution in [0, 0.1) is 5.82 Å². The number of hydrogen-bond donors (Lipinski definition) is 1. The van der Waals surface area contributed by atoms with Gasteiger partial charge in [-0.2, -0.15) is 15.1 Å². The highest BCUT2D eigenvalue weighted by atomic mass is 35.5. The smallest absolute Gasteiger partial charge is 0.226 e. The molecule has 124 valence electrons. The molecule has 0 amide bonds. The zero-order valence-electron chi connectivity index (χ0n) is 12.6. The van der Waals surface area contributed by atoms with Gasteiger partial charge in [-0.05, 0) is 41.9 Å². The van der Waals surface area contributed by atoms with Crippen LogP contribution >= 0.6 is 23.2 Å². The van der Waals surface area contributed by atoms with Crippen LogP contribution in [0.15, 0.2) is 54.7 Å². The molecule has 4 aromatic rings. The van der Waals surface area contributed by atoms with Crippen molar-refractivity contribution in [2.24, 2.45) is 0 Å². The fourth-order valence-electron chi connectivity index (χ4n) is 2.45. The van der Waals surface area contributed by atoms with Crippen LogP contribution in [0.3, 0.4) is 0 Å². The predicted molar refractivity (Wildman–Crippen MR) is 96.4 cm³/mol. The lowest BCUT2D eigenvalue weighted by atomic mass is 10.3. The maximum atomic E-state index is 14.1. The zero-order valence-corrected chi connectivity index (χ0v) is 14.1. The van der Waals surface area contributed by atoms with Crippen LogP contribution in [-0.2, 0) is 0 Å². The van der Waals surface area contributed by atoms with Crippen molar-refractivity contribution in [3.8, 4) is 5.69 Å². The molecule has 0 spiro atoms. The van der Waals surface area contributed by atoms with Gasteiger partial charge in [0.25, 0.3) is 0 Å². The van der Waals surface area contributed by atoms with Crippen LogP contribution in [-0.4, -0.2) is 19.7 Å². The summed E-state index contributed by atoms with van der Waals surface area (Å²) < 4.78 is 15.7. The summed E-state index contributed by atoms with van der Waals surface area (Å²) in [6.45, 7) is 0. The summed E-state index contributed by atoms with van der Waals surface area (Å²) in [5.74, 6) is -0.135. The Bertz CT molecular complexity index is 1070. The third-order valence-electron chi connectivity index (χ3n) is 3.59. The number of benzene rings is 2. The molecule has 0 atom stereocenters. The SMILES string of the molecule is Fc1cc(Cl)ccc1Nc1nc(Cl)nc2c1cnn2-c1ccccc1. The molecule has 0 unspecified atom stereocenters. The third-order valence-corrected chi connectivity index (χ3v) is 3.99. The summed E-state index contributed by atoms with van der Waals surface area (Å²) in [6, 6.07) is 13.8. The largest absolute Gasteiger partial charge is 0.337 e. The predicted octanol–water partition coefficient (Wildman–Crippen LogP) is 5.01. The summed E-state index contributed by atoms with van der Waals surface area (Å²) in [7, 11) is 0. The Morgan fingerprint density at radius 1 is 1.00 bits per heavy atom. The first-order valence-electron chi connectivity index (χ1n) is 7.30. The van der Waals surface area contributed by atoms with E-state index < -0.39 is 5.82 Å². The molecule has 2 aromatic heterocycles. The third kappa shape index (κ3) is 3.01. The second kappa shape index (κ2) is 6.31. The lowest BCUT2D eigenvalue weighted by Crippen LogP contribution is -2.01. The van der Waals surface area contributed by atoms with Gasteiger partial charge in [0, 0.05) is 5.02 Å². The van der Waals surface area contributed by atoms with Gasteiger partial charge in [-0.1, -0.05) is 29.8 Å². The number of halogens is 3. The van der Waals surface area contributed by atoms with Crippen LogP contribution in [0.1, 0.15) is 0 Å². The topological polar surface area (TPSA) is 55.6 Å². The molecule has 0 aliphatic heterocycles. The van der Waals surface area contributed by atoms with Gasteiger partial charge in [-0.25, -0.2) is 9.07 Å². The van der Waals surface area contributed by atoms with Crippen molar-refractivity contribution in [1.82, 2.24) is 19.7 Å². The van der Waals surface area contributed by atoms with Crippen LogP contribution in [0.5, 0.6) is 0 Å². The molecular weight excluding hydrogens is 364 g/mol. The summed E-state index contributed by atoms with van der Waals surface area (Å²) in [5.41, 5.74) is 1.58. The molecule has 0 aliphatic rings. The number of aromatic nitrogens is 4. The van der Waals surface area contributed by atoms with E-state index in [0.29, 0.717) is 21.9 Å². The highest BCUT2D eigenvalue weighted by Crippen LogP contribution is 2.28. The Kier molecular flexibility index (Phi) is 3.99. The van der Waals surface area contributed by atoms with E-state index in [1.165, 1.54) is 12.1 Å². The number of nitrogens with zero attached hydrogens (tertiary/aromatic N) is 4. The van der Waals surface area contributed by atoms with E-state index in [9.17, 15) is 4.39 Å². The van der Waals surface area contributed by atoms with E-state index in [-0.39, 0.29) is 11.0 Å². The molecule has 2 heterocycles. The number of anilines is 2. The molecule has 0 saturated heterocycles. The Balaban J connectivity index is 1.84. The Morgan fingerprint density at radius 2 is 1.80 bits per heavy atom. The van der Waals surface area contributed by atoms with Gasteiger partial charge >= 0.3 is 0 Å². The van der Waals surface area contributed by atoms with Crippen LogP contribution < -0.4 is 5.32 Å². The number of nitrogens with one attached hydrogen (secondary N) is 1. The first-order chi connectivity index (χ1) is 12.1. The molecule has 0 aliphatic carbocycles. The van der Waals surface area contributed by atoms with Crippen molar-refractivity contribution in [3.05, 3.63) is 70.9 Å². The van der Waals surface area contributed by atoms with Crippen LogP contribution in [0.2, 0.25) is 10.3 Å². The maximum absolute atomic E-state index is 14.1. The first kappa shape index (κ1) is 15.8. The van der Waals surface area contributed by atoms with E-state index in [0.717, 1.165) is 5.69 Å². The molecule has 25 heavy (non-hydrogen) atoms. The average Bonchev–Trinajstić information content (AvgIpc) is 3.02. The fourth-order valence-corrected chi connectivity index (χ4v) is 2.78. The Labute approximate surface area is 152 Å². The molecule has 2 aromatic carbocycles. The first-order valence-corrected chi connectivity index (χ1v) is 8.06. The van der Waals surface area contributed by atoms with Crippen LogP contribution in [0.25, 0.3) is 16.7 Å². The molecular formula is C17H10Cl2FN5. The fraction of sp³-hybridized carbons (Fsp3) is 0. The number of para-hydroxylation sites is 1. The van der Waals surface area contributed by atoms with E-state index in [4.69, 9.17) is 23.2 Å². The highest BCUT2D eigenvalue weighted by molar-refractivity contribution is 6.30. The van der Waals surface area contributed by atoms with E-state index >= 15 is 0 Å². The van der Waals surface area contributed by atoms with Crippen molar-refractivity contribution in [3.63, 3.8) is 0 Å². The summed E-state index contributed by atoms with van der Waals surface area (Å²) >= 11 is 11.8. The van der Waals surface area contributed by atoms with E-state index in [1.54, 1.807) is 16.9 Å². The molecule has 8 heteroatoms. The molecule has 4 rings (SSSR count). The lowest BCUT2D eigenvalue weighted by molar-refractivity contribution is 0.632. The second-order valence-electron chi connectivity index (χ2n) is 5.22. The maximum Gasteiger partial charge on any atom is 0.226 e. The summed E-state index contributed by atoms with van der Waals surface area (Å²) in [4.78, 5) is 8.41. The van der Waals surface area contributed by atoms with Crippen molar-refractivity contribution in [2.75, 3.05) is 5.32 Å². The molecule has 0 fully saturated rings. The second-order valence-corrected chi connectivity index (χ2v) is 5.99. The highest BCUT2D eigenvalue weighted by Gasteiger charge is 2.15. The van der Waals surface area contributed by atoms with Crippen molar-refractivity contribution in [1.29, 1.82) is 0 Å². The molecule has 0 saturated carbocycles. The average molecular weight is 374 g/mol. The lowest BCUT2D eigenvalue weighted by Gasteiger charge is -2.09.